The van der Waals surface area contributed by atoms with Crippen molar-refractivity contribution in [2.45, 2.75) is 13.3 Å². The third-order valence-corrected chi connectivity index (χ3v) is 5.21. The lowest BCUT2D eigenvalue weighted by Gasteiger charge is -2.32. The smallest absolute Gasteiger partial charge is 0.320 e. The van der Waals surface area contributed by atoms with Crippen LogP contribution in [-0.2, 0) is 4.74 Å². The van der Waals surface area contributed by atoms with Crippen molar-refractivity contribution in [2.75, 3.05) is 59.6 Å². The molecule has 0 aromatic heterocycles. The Hall–Kier alpha value is -2.99. The summed E-state index contributed by atoms with van der Waals surface area (Å²) >= 11 is 0. The lowest BCUT2D eigenvalue weighted by Crippen LogP contribution is -2.49. The van der Waals surface area contributed by atoms with E-state index in [1.54, 1.807) is 6.07 Å². The number of nitriles is 1. The number of hydrogen-bond acceptors (Lipinski definition) is 6. The minimum atomic E-state index is -0.0901. The van der Waals surface area contributed by atoms with E-state index >= 15 is 0 Å². The third kappa shape index (κ3) is 4.90. The normalized spacial score (nSPS) is 18.2. The van der Waals surface area contributed by atoms with Gasteiger partial charge in [0.1, 0.15) is 11.9 Å². The highest BCUT2D eigenvalue weighted by Crippen LogP contribution is 2.33. The van der Waals surface area contributed by atoms with Crippen molar-refractivity contribution in [2.24, 2.45) is 4.99 Å². The summed E-state index contributed by atoms with van der Waals surface area (Å²) < 4.78 is 10.5. The van der Waals surface area contributed by atoms with Crippen molar-refractivity contribution in [3.63, 3.8) is 0 Å². The Morgan fingerprint density at radius 2 is 1.79 bits per heavy atom. The number of phenols is 1. The second-order valence-corrected chi connectivity index (χ2v) is 7.02. The number of nitrogens with zero attached hydrogens (tertiary/aromatic N) is 5. The lowest BCUT2D eigenvalue weighted by atomic mass is 10.1. The van der Waals surface area contributed by atoms with Gasteiger partial charge in [-0.15, -0.1) is 0 Å². The second-order valence-electron chi connectivity index (χ2n) is 7.02. The highest BCUT2D eigenvalue weighted by atomic mass is 16.5. The molecule has 2 amide bonds. The van der Waals surface area contributed by atoms with E-state index in [4.69, 9.17) is 9.47 Å². The van der Waals surface area contributed by atoms with Gasteiger partial charge in [0.15, 0.2) is 11.5 Å². The molecule has 1 N–H and O–H groups in total. The summed E-state index contributed by atoms with van der Waals surface area (Å²) in [5.41, 5.74) is 0.728. The van der Waals surface area contributed by atoms with Gasteiger partial charge >= 0.3 is 6.03 Å². The predicted octanol–water partition coefficient (Wildman–Crippen LogP) is 1.78. The summed E-state index contributed by atoms with van der Waals surface area (Å²) in [5.74, 6) is 0.941. The fourth-order valence-electron chi connectivity index (χ4n) is 3.54. The zero-order valence-corrected chi connectivity index (χ0v) is 16.9. The minimum absolute atomic E-state index is 0.0692. The van der Waals surface area contributed by atoms with Crippen molar-refractivity contribution in [3.8, 4) is 17.6 Å². The van der Waals surface area contributed by atoms with Crippen LogP contribution in [0.2, 0.25) is 0 Å². The molecule has 2 aliphatic rings. The molecule has 156 valence electrons. The Bertz CT molecular complexity index is 814. The van der Waals surface area contributed by atoms with Crippen molar-refractivity contribution in [1.82, 2.24) is 14.7 Å². The van der Waals surface area contributed by atoms with E-state index in [9.17, 15) is 15.2 Å². The molecular formula is C20H27N5O4. The van der Waals surface area contributed by atoms with E-state index in [0.717, 1.165) is 18.8 Å². The summed E-state index contributed by atoms with van der Waals surface area (Å²) in [6, 6.07) is 5.04. The number of morpholine rings is 1. The predicted molar refractivity (Wildman–Crippen MR) is 108 cm³/mol. The molecule has 2 heterocycles. The summed E-state index contributed by atoms with van der Waals surface area (Å²) in [4.78, 5) is 23.2. The first-order valence-corrected chi connectivity index (χ1v) is 9.76. The van der Waals surface area contributed by atoms with Gasteiger partial charge in [0.05, 0.1) is 31.6 Å². The van der Waals surface area contributed by atoms with Gasteiger partial charge in [-0.2, -0.15) is 5.26 Å². The van der Waals surface area contributed by atoms with E-state index in [1.165, 1.54) is 13.2 Å². The molecule has 9 nitrogen and oxygen atoms in total. The molecule has 2 saturated heterocycles. The third-order valence-electron chi connectivity index (χ3n) is 5.21. The zero-order chi connectivity index (χ0) is 20.8. The van der Waals surface area contributed by atoms with Crippen molar-refractivity contribution >= 4 is 17.6 Å². The standard InChI is InChI=1S/C20H27N5O4/c1-15(22-17-13-19(28-2)18(26)12-16(17)14-21)23-4-3-5-24(7-6-23)20(27)25-8-10-29-11-9-25/h12-13,26H,3-11H2,1-2H3/b22-15+. The first-order chi connectivity index (χ1) is 14.0. The Labute approximate surface area is 170 Å². The summed E-state index contributed by atoms with van der Waals surface area (Å²) in [6.45, 7) is 7.12. The van der Waals surface area contributed by atoms with Crippen LogP contribution in [0.15, 0.2) is 17.1 Å². The summed E-state index contributed by atoms with van der Waals surface area (Å²) in [6.07, 6.45) is 0.840. The Kier molecular flexibility index (Phi) is 6.77. The number of urea groups is 1. The van der Waals surface area contributed by atoms with Crippen LogP contribution in [0.3, 0.4) is 0 Å². The molecule has 0 saturated carbocycles. The van der Waals surface area contributed by atoms with Gasteiger partial charge in [-0.3, -0.25) is 0 Å². The second kappa shape index (κ2) is 9.47. The van der Waals surface area contributed by atoms with Gasteiger partial charge in [0.25, 0.3) is 0 Å². The SMILES string of the molecule is COc1cc(/N=C(\C)N2CCCN(C(=O)N3CCOCC3)CC2)c(C#N)cc1O. The molecule has 9 heteroatoms. The molecule has 2 aliphatic heterocycles. The maximum Gasteiger partial charge on any atom is 0.320 e. The molecule has 0 unspecified atom stereocenters. The number of carbonyl (C=O) groups is 1. The maximum absolute atomic E-state index is 12.7. The van der Waals surface area contributed by atoms with E-state index in [0.29, 0.717) is 51.6 Å². The van der Waals surface area contributed by atoms with Crippen molar-refractivity contribution < 1.29 is 19.4 Å². The Balaban J connectivity index is 1.70. The van der Waals surface area contributed by atoms with Crippen LogP contribution in [-0.4, -0.2) is 91.3 Å². The average molecular weight is 401 g/mol. The molecule has 29 heavy (non-hydrogen) atoms. The van der Waals surface area contributed by atoms with Crippen molar-refractivity contribution in [1.29, 1.82) is 5.26 Å². The van der Waals surface area contributed by atoms with Crippen molar-refractivity contribution in [3.05, 3.63) is 17.7 Å². The minimum Gasteiger partial charge on any atom is -0.504 e. The van der Waals surface area contributed by atoms with Gasteiger partial charge in [0.2, 0.25) is 0 Å². The number of hydrogen-bond donors (Lipinski definition) is 1. The number of ether oxygens (including phenoxy) is 2. The number of phenolic OH excluding ortho intramolecular Hbond substituents is 1. The number of amides is 2. The maximum atomic E-state index is 12.7. The van der Waals surface area contributed by atoms with Crippen LogP contribution >= 0.6 is 0 Å². The molecule has 1 aromatic carbocycles. The average Bonchev–Trinajstić information content (AvgIpc) is 3.01. The van der Waals surface area contributed by atoms with Gasteiger partial charge in [-0.1, -0.05) is 0 Å². The van der Waals surface area contributed by atoms with E-state index in [1.807, 2.05) is 16.7 Å². The highest BCUT2D eigenvalue weighted by molar-refractivity contribution is 5.84. The highest BCUT2D eigenvalue weighted by Gasteiger charge is 2.25. The number of methoxy groups -OCH3 is 1. The molecule has 3 rings (SSSR count). The number of rotatable bonds is 2. The molecule has 1 aromatic rings. The van der Waals surface area contributed by atoms with Gasteiger partial charge in [0, 0.05) is 51.4 Å². The van der Waals surface area contributed by atoms with Gasteiger partial charge in [-0.25, -0.2) is 9.79 Å². The number of amidine groups is 1. The fraction of sp³-hybridized carbons (Fsp3) is 0.550. The topological polar surface area (TPSA) is 102 Å². The fourth-order valence-corrected chi connectivity index (χ4v) is 3.54. The first kappa shape index (κ1) is 20.7. The quantitative estimate of drug-likeness (QED) is 0.599. The number of carbonyl (C=O) groups excluding carboxylic acids is 1. The van der Waals surface area contributed by atoms with Crippen LogP contribution in [0.5, 0.6) is 11.5 Å². The van der Waals surface area contributed by atoms with Crippen LogP contribution < -0.4 is 4.74 Å². The molecule has 0 radical (unpaired) electrons. The number of aromatic hydroxyl groups is 1. The molecular weight excluding hydrogens is 374 g/mol. The zero-order valence-electron chi connectivity index (χ0n) is 16.9. The monoisotopic (exact) mass is 401 g/mol. The lowest BCUT2D eigenvalue weighted by molar-refractivity contribution is 0.0437. The number of benzene rings is 1. The van der Waals surface area contributed by atoms with E-state index in [2.05, 4.69) is 16.0 Å². The Morgan fingerprint density at radius 3 is 2.48 bits per heavy atom. The van der Waals surface area contributed by atoms with Gasteiger partial charge < -0.3 is 29.3 Å². The molecule has 0 atom stereocenters. The van der Waals surface area contributed by atoms with Gasteiger partial charge in [-0.05, 0) is 13.3 Å². The summed E-state index contributed by atoms with van der Waals surface area (Å²) in [5, 5.41) is 19.2. The van der Waals surface area contributed by atoms with Crippen LogP contribution in [0.1, 0.15) is 18.9 Å². The number of aliphatic imine (C=N–C) groups is 1. The van der Waals surface area contributed by atoms with Crippen LogP contribution in [0.25, 0.3) is 0 Å². The van der Waals surface area contributed by atoms with E-state index in [-0.39, 0.29) is 23.1 Å². The Morgan fingerprint density at radius 1 is 1.14 bits per heavy atom. The molecule has 0 bridgehead atoms. The summed E-state index contributed by atoms with van der Waals surface area (Å²) in [7, 11) is 1.45. The molecule has 2 fully saturated rings. The van der Waals surface area contributed by atoms with Crippen LogP contribution in [0, 0.1) is 11.3 Å². The first-order valence-electron chi connectivity index (χ1n) is 9.76. The van der Waals surface area contributed by atoms with Crippen LogP contribution in [0.4, 0.5) is 10.5 Å². The molecule has 0 aliphatic carbocycles. The largest absolute Gasteiger partial charge is 0.504 e. The van der Waals surface area contributed by atoms with E-state index < -0.39 is 0 Å². The molecule has 0 spiro atoms.